The molecular formula is C15H14F3N3S2. The SMILES string of the molecule is CCCc1sc2c(NCc3cccs3)cnnc2c1C(F)(F)F. The number of hydrogen-bond donors (Lipinski definition) is 1. The predicted molar refractivity (Wildman–Crippen MR) is 88.1 cm³/mol. The Morgan fingerprint density at radius 3 is 2.78 bits per heavy atom. The minimum atomic E-state index is -4.41. The number of alkyl halides is 3. The fourth-order valence-corrected chi connectivity index (χ4v) is 4.35. The molecule has 0 spiro atoms. The van der Waals surface area contributed by atoms with Gasteiger partial charge in [-0.05, 0) is 17.9 Å². The van der Waals surface area contributed by atoms with Gasteiger partial charge in [0.15, 0.2) is 0 Å². The van der Waals surface area contributed by atoms with Crippen LogP contribution in [-0.4, -0.2) is 10.2 Å². The summed E-state index contributed by atoms with van der Waals surface area (Å²) in [5, 5.41) is 12.7. The van der Waals surface area contributed by atoms with E-state index in [9.17, 15) is 13.2 Å². The number of halogens is 3. The Morgan fingerprint density at radius 1 is 1.30 bits per heavy atom. The molecule has 3 aromatic rings. The molecule has 0 fully saturated rings. The van der Waals surface area contributed by atoms with Crippen LogP contribution in [0.5, 0.6) is 0 Å². The molecule has 0 unspecified atom stereocenters. The van der Waals surface area contributed by atoms with Crippen LogP contribution in [0.4, 0.5) is 18.9 Å². The van der Waals surface area contributed by atoms with Crippen molar-refractivity contribution in [1.82, 2.24) is 10.2 Å². The molecule has 0 saturated carbocycles. The van der Waals surface area contributed by atoms with E-state index in [-0.39, 0.29) is 5.52 Å². The topological polar surface area (TPSA) is 37.8 Å². The van der Waals surface area contributed by atoms with Crippen LogP contribution in [0.15, 0.2) is 23.7 Å². The molecule has 0 aliphatic heterocycles. The number of nitrogens with zero attached hydrogens (tertiary/aromatic N) is 2. The molecule has 0 aliphatic rings. The van der Waals surface area contributed by atoms with Crippen molar-refractivity contribution in [2.75, 3.05) is 5.32 Å². The summed E-state index contributed by atoms with van der Waals surface area (Å²) in [6, 6.07) is 3.91. The number of fused-ring (bicyclic) bond motifs is 1. The van der Waals surface area contributed by atoms with Crippen LogP contribution in [-0.2, 0) is 19.1 Å². The quantitative estimate of drug-likeness (QED) is 0.670. The number of hydrogen-bond acceptors (Lipinski definition) is 5. The molecule has 3 rings (SSSR count). The van der Waals surface area contributed by atoms with Crippen molar-refractivity contribution in [3.8, 4) is 0 Å². The average molecular weight is 357 g/mol. The zero-order valence-electron chi connectivity index (χ0n) is 12.3. The van der Waals surface area contributed by atoms with Crippen molar-refractivity contribution in [1.29, 1.82) is 0 Å². The number of anilines is 1. The van der Waals surface area contributed by atoms with Gasteiger partial charge < -0.3 is 5.32 Å². The largest absolute Gasteiger partial charge is 0.419 e. The maximum absolute atomic E-state index is 13.4. The van der Waals surface area contributed by atoms with Gasteiger partial charge >= 0.3 is 6.18 Å². The lowest BCUT2D eigenvalue weighted by molar-refractivity contribution is -0.136. The number of aromatic nitrogens is 2. The fourth-order valence-electron chi connectivity index (χ4n) is 2.37. The smallest absolute Gasteiger partial charge is 0.378 e. The minimum absolute atomic E-state index is 0.0536. The van der Waals surface area contributed by atoms with E-state index in [1.54, 1.807) is 11.3 Å². The maximum Gasteiger partial charge on any atom is 0.419 e. The van der Waals surface area contributed by atoms with Crippen LogP contribution in [0, 0.1) is 0 Å². The van der Waals surface area contributed by atoms with Gasteiger partial charge in [-0.2, -0.15) is 18.3 Å². The summed E-state index contributed by atoms with van der Waals surface area (Å²) >= 11 is 2.75. The summed E-state index contributed by atoms with van der Waals surface area (Å²) in [5.41, 5.74) is -0.0880. The van der Waals surface area contributed by atoms with E-state index >= 15 is 0 Å². The lowest BCUT2D eigenvalue weighted by Crippen LogP contribution is -2.08. The molecule has 0 bridgehead atoms. The number of rotatable bonds is 5. The second-order valence-corrected chi connectivity index (χ2v) is 7.15. The highest BCUT2D eigenvalue weighted by Gasteiger charge is 2.38. The van der Waals surface area contributed by atoms with E-state index in [0.717, 1.165) is 16.2 Å². The summed E-state index contributed by atoms with van der Waals surface area (Å²) in [6.07, 6.45) is -1.88. The van der Waals surface area contributed by atoms with Crippen LogP contribution >= 0.6 is 22.7 Å². The third-order valence-electron chi connectivity index (χ3n) is 3.34. The van der Waals surface area contributed by atoms with Crippen molar-refractivity contribution in [3.63, 3.8) is 0 Å². The number of aryl methyl sites for hydroxylation is 1. The Kier molecular flexibility index (Phi) is 4.54. The third kappa shape index (κ3) is 3.32. The normalized spacial score (nSPS) is 12.0. The van der Waals surface area contributed by atoms with Crippen molar-refractivity contribution >= 4 is 38.6 Å². The highest BCUT2D eigenvalue weighted by atomic mass is 32.1. The first kappa shape index (κ1) is 16.2. The summed E-state index contributed by atoms with van der Waals surface area (Å²) in [6.45, 7) is 2.42. The highest BCUT2D eigenvalue weighted by molar-refractivity contribution is 7.19. The van der Waals surface area contributed by atoms with Gasteiger partial charge in [0.2, 0.25) is 0 Å². The summed E-state index contributed by atoms with van der Waals surface area (Å²) in [4.78, 5) is 1.44. The second kappa shape index (κ2) is 6.45. The summed E-state index contributed by atoms with van der Waals surface area (Å²) < 4.78 is 40.7. The molecule has 0 radical (unpaired) electrons. The molecule has 0 atom stereocenters. The van der Waals surface area contributed by atoms with Gasteiger partial charge in [0.1, 0.15) is 5.52 Å². The molecule has 0 amide bonds. The molecule has 23 heavy (non-hydrogen) atoms. The molecule has 0 saturated heterocycles. The van der Waals surface area contributed by atoms with Crippen molar-refractivity contribution < 1.29 is 13.2 Å². The van der Waals surface area contributed by atoms with Crippen LogP contribution < -0.4 is 5.32 Å². The minimum Gasteiger partial charge on any atom is -0.378 e. The molecule has 3 nitrogen and oxygen atoms in total. The standard InChI is InChI=1S/C15H14F3N3S2/c1-2-4-11-12(15(16,17)18)13-14(23-11)10(8-20-21-13)19-7-9-5-3-6-22-9/h3,5-6,8H,2,4,7H2,1H3,(H,19,21). The zero-order chi connectivity index (χ0) is 16.4. The zero-order valence-corrected chi connectivity index (χ0v) is 13.9. The van der Waals surface area contributed by atoms with Crippen molar-refractivity contribution in [2.24, 2.45) is 0 Å². The molecule has 3 heterocycles. The Labute approximate surface area is 139 Å². The van der Waals surface area contributed by atoms with Gasteiger partial charge in [-0.15, -0.1) is 27.8 Å². The lowest BCUT2D eigenvalue weighted by Gasteiger charge is -2.08. The monoisotopic (exact) mass is 357 g/mol. The van der Waals surface area contributed by atoms with Gasteiger partial charge in [-0.3, -0.25) is 0 Å². The molecule has 8 heteroatoms. The van der Waals surface area contributed by atoms with E-state index in [0.29, 0.717) is 34.7 Å². The summed E-state index contributed by atoms with van der Waals surface area (Å²) in [5.74, 6) is 0. The van der Waals surface area contributed by atoms with Gasteiger partial charge in [0.25, 0.3) is 0 Å². The molecule has 122 valence electrons. The Balaban J connectivity index is 2.03. The lowest BCUT2D eigenvalue weighted by atomic mass is 10.1. The molecule has 1 N–H and O–H groups in total. The van der Waals surface area contributed by atoms with Gasteiger partial charge in [0.05, 0.1) is 22.1 Å². The van der Waals surface area contributed by atoms with E-state index in [4.69, 9.17) is 0 Å². The highest BCUT2D eigenvalue weighted by Crippen LogP contribution is 2.43. The van der Waals surface area contributed by atoms with E-state index in [2.05, 4.69) is 15.5 Å². The van der Waals surface area contributed by atoms with Crippen LogP contribution in [0.1, 0.15) is 28.7 Å². The Morgan fingerprint density at radius 2 is 2.13 bits per heavy atom. The fraction of sp³-hybridized carbons (Fsp3) is 0.333. The van der Waals surface area contributed by atoms with Gasteiger partial charge in [-0.1, -0.05) is 19.4 Å². The Hall–Kier alpha value is -1.67. The van der Waals surface area contributed by atoms with E-state index in [1.165, 1.54) is 6.20 Å². The van der Waals surface area contributed by atoms with Crippen LogP contribution in [0.25, 0.3) is 10.2 Å². The van der Waals surface area contributed by atoms with Crippen LogP contribution in [0.2, 0.25) is 0 Å². The predicted octanol–water partition coefficient (Wildman–Crippen LogP) is 5.34. The van der Waals surface area contributed by atoms with Crippen molar-refractivity contribution in [3.05, 3.63) is 39.0 Å². The first-order valence-corrected chi connectivity index (χ1v) is 8.80. The average Bonchev–Trinajstić information content (AvgIpc) is 3.11. The molecule has 0 aromatic carbocycles. The first-order valence-electron chi connectivity index (χ1n) is 7.11. The van der Waals surface area contributed by atoms with Crippen LogP contribution in [0.3, 0.4) is 0 Å². The summed E-state index contributed by atoms with van der Waals surface area (Å²) in [7, 11) is 0. The van der Waals surface area contributed by atoms with E-state index < -0.39 is 11.7 Å². The Bertz CT molecular complexity index is 794. The number of nitrogens with one attached hydrogen (secondary N) is 1. The molecule has 0 aliphatic carbocycles. The molecule has 3 aromatic heterocycles. The molecular weight excluding hydrogens is 343 g/mol. The third-order valence-corrected chi connectivity index (χ3v) is 5.49. The van der Waals surface area contributed by atoms with E-state index in [1.807, 2.05) is 24.4 Å². The number of thiophene rings is 2. The van der Waals surface area contributed by atoms with Gasteiger partial charge in [0, 0.05) is 16.3 Å². The van der Waals surface area contributed by atoms with Crippen molar-refractivity contribution in [2.45, 2.75) is 32.5 Å². The second-order valence-electron chi connectivity index (χ2n) is 5.02. The van der Waals surface area contributed by atoms with Gasteiger partial charge in [-0.25, -0.2) is 0 Å². The first-order chi connectivity index (χ1) is 11.0. The maximum atomic E-state index is 13.4.